The van der Waals surface area contributed by atoms with Gasteiger partial charge in [0, 0.05) is 6.07 Å². The molecule has 0 aromatic heterocycles. The third-order valence-corrected chi connectivity index (χ3v) is 1.63. The van der Waals surface area contributed by atoms with Crippen molar-refractivity contribution in [3.63, 3.8) is 0 Å². The van der Waals surface area contributed by atoms with Crippen LogP contribution in [0.15, 0.2) is 23.4 Å². The van der Waals surface area contributed by atoms with Gasteiger partial charge >= 0.3 is 0 Å². The molecule has 0 aliphatic carbocycles. The Morgan fingerprint density at radius 2 is 2.38 bits per heavy atom. The lowest BCUT2D eigenvalue weighted by atomic mass is 10.2. The predicted octanol–water partition coefficient (Wildman–Crippen LogP) is 0.901. The van der Waals surface area contributed by atoms with Gasteiger partial charge in [0.1, 0.15) is 12.4 Å². The number of phenolic OH excluding ortho intramolecular Hbond substituents is 1. The number of benzene rings is 1. The minimum Gasteiger partial charge on any atom is -0.506 e. The van der Waals surface area contributed by atoms with E-state index in [1.54, 1.807) is 18.2 Å². The van der Waals surface area contributed by atoms with Gasteiger partial charge in [-0.05, 0) is 11.2 Å². The Labute approximate surface area is 75.4 Å². The fourth-order valence-electron chi connectivity index (χ4n) is 1.03. The van der Waals surface area contributed by atoms with Crippen molar-refractivity contribution < 1.29 is 14.7 Å². The fourth-order valence-corrected chi connectivity index (χ4v) is 1.03. The summed E-state index contributed by atoms with van der Waals surface area (Å²) in [6, 6.07) is 7.69. The number of aromatic hydroxyl groups is 1. The normalized spacial score (nSPS) is 15.5. The Kier molecular flexibility index (Phi) is 2.04. The first-order chi connectivity index (χ1) is 6.38. The molecule has 67 valence electrons. The lowest BCUT2D eigenvalue weighted by molar-refractivity contribution is 0.0653. The van der Waals surface area contributed by atoms with Crippen LogP contribution in [0.3, 0.4) is 0 Å². The Bertz CT molecular complexity index is 335. The lowest BCUT2D eigenvalue weighted by Gasteiger charge is -2.13. The number of hydrogen-bond acceptors (Lipinski definition) is 4. The Morgan fingerprint density at radius 3 is 3.08 bits per heavy atom. The summed E-state index contributed by atoms with van der Waals surface area (Å²) in [5, 5.41) is 13.1. The molecule has 4 heteroatoms. The molecule has 1 radical (unpaired) electrons. The highest BCUT2D eigenvalue weighted by atomic mass is 16.7. The summed E-state index contributed by atoms with van der Waals surface area (Å²) in [6.45, 7) is 0.897. The molecule has 4 nitrogen and oxygen atoms in total. The van der Waals surface area contributed by atoms with Crippen molar-refractivity contribution >= 4 is 5.90 Å². The van der Waals surface area contributed by atoms with E-state index in [1.165, 1.54) is 0 Å². The Morgan fingerprint density at radius 1 is 1.46 bits per heavy atom. The molecule has 0 saturated carbocycles. The van der Waals surface area contributed by atoms with Crippen LogP contribution in [0.4, 0.5) is 0 Å². The summed E-state index contributed by atoms with van der Waals surface area (Å²) in [7, 11) is 0. The minimum atomic E-state index is 0.0201. The highest BCUT2D eigenvalue weighted by molar-refractivity contribution is 5.96. The van der Waals surface area contributed by atoms with Crippen molar-refractivity contribution in [2.24, 2.45) is 5.16 Å². The summed E-state index contributed by atoms with van der Waals surface area (Å²) in [5.41, 5.74) is 0.502. The molecule has 1 aliphatic heterocycles. The van der Waals surface area contributed by atoms with E-state index in [1.807, 2.05) is 0 Å². The van der Waals surface area contributed by atoms with Gasteiger partial charge in [-0.3, -0.25) is 0 Å². The van der Waals surface area contributed by atoms with Crippen molar-refractivity contribution in [1.82, 2.24) is 0 Å². The molecule has 0 atom stereocenters. The zero-order chi connectivity index (χ0) is 9.10. The second-order valence-electron chi connectivity index (χ2n) is 2.51. The summed E-state index contributed by atoms with van der Waals surface area (Å²) >= 11 is 0. The van der Waals surface area contributed by atoms with E-state index in [0.29, 0.717) is 24.7 Å². The van der Waals surface area contributed by atoms with E-state index in [-0.39, 0.29) is 5.75 Å². The molecular weight excluding hydrogens is 170 g/mol. The first-order valence-corrected chi connectivity index (χ1v) is 3.91. The number of para-hydroxylation sites is 1. The van der Waals surface area contributed by atoms with E-state index in [0.717, 1.165) is 0 Å². The summed E-state index contributed by atoms with van der Waals surface area (Å²) < 4.78 is 5.19. The molecule has 1 aromatic rings. The summed E-state index contributed by atoms with van der Waals surface area (Å²) in [5.74, 6) is 0.326. The van der Waals surface area contributed by atoms with Gasteiger partial charge in [-0.2, -0.15) is 0 Å². The van der Waals surface area contributed by atoms with Crippen LogP contribution in [0.25, 0.3) is 0 Å². The molecule has 0 saturated heterocycles. The SMILES string of the molecule is Oc1[c]cccc1C1=NOCCO1. The monoisotopic (exact) mass is 178 g/mol. The fraction of sp³-hybridized carbons (Fsp3) is 0.222. The van der Waals surface area contributed by atoms with Gasteiger partial charge in [-0.1, -0.05) is 12.1 Å². The van der Waals surface area contributed by atoms with Crippen molar-refractivity contribution in [3.05, 3.63) is 29.8 Å². The molecule has 0 bridgehead atoms. The Hall–Kier alpha value is -1.71. The minimum absolute atomic E-state index is 0.0201. The van der Waals surface area contributed by atoms with E-state index >= 15 is 0 Å². The summed E-state index contributed by atoms with van der Waals surface area (Å²) in [6.07, 6.45) is 0. The third kappa shape index (κ3) is 1.56. The molecule has 1 N–H and O–H groups in total. The molecule has 0 unspecified atom stereocenters. The van der Waals surface area contributed by atoms with Crippen LogP contribution in [0, 0.1) is 6.07 Å². The van der Waals surface area contributed by atoms with Gasteiger partial charge in [0.25, 0.3) is 5.90 Å². The number of rotatable bonds is 1. The van der Waals surface area contributed by atoms with Crippen LogP contribution in [0.5, 0.6) is 5.75 Å². The Balaban J connectivity index is 2.34. The maximum Gasteiger partial charge on any atom is 0.261 e. The van der Waals surface area contributed by atoms with Gasteiger partial charge in [0.15, 0.2) is 6.61 Å². The van der Waals surface area contributed by atoms with Crippen LogP contribution in [-0.2, 0) is 9.57 Å². The van der Waals surface area contributed by atoms with Crippen molar-refractivity contribution in [2.75, 3.05) is 13.2 Å². The number of oxime groups is 1. The largest absolute Gasteiger partial charge is 0.506 e. The molecule has 0 amide bonds. The topological polar surface area (TPSA) is 51.1 Å². The first-order valence-electron chi connectivity index (χ1n) is 3.91. The zero-order valence-electron chi connectivity index (χ0n) is 6.86. The lowest BCUT2D eigenvalue weighted by Crippen LogP contribution is -2.17. The summed E-state index contributed by atoms with van der Waals surface area (Å²) in [4.78, 5) is 4.83. The van der Waals surface area contributed by atoms with Crippen LogP contribution >= 0.6 is 0 Å². The number of ether oxygens (including phenoxy) is 1. The van der Waals surface area contributed by atoms with Crippen LogP contribution < -0.4 is 0 Å². The molecule has 0 fully saturated rings. The standard InChI is InChI=1S/C9H8NO3/c11-8-4-2-1-3-7(8)9-10-13-6-5-12-9/h1-3,11H,5-6H2. The smallest absolute Gasteiger partial charge is 0.261 e. The number of phenols is 1. The first kappa shape index (κ1) is 7.91. The molecule has 1 aliphatic rings. The number of nitrogens with zero attached hydrogens (tertiary/aromatic N) is 1. The average Bonchev–Trinajstić information content (AvgIpc) is 2.20. The average molecular weight is 178 g/mol. The molecule has 13 heavy (non-hydrogen) atoms. The van der Waals surface area contributed by atoms with Gasteiger partial charge in [-0.15, -0.1) is 0 Å². The van der Waals surface area contributed by atoms with Crippen LogP contribution in [0.2, 0.25) is 0 Å². The van der Waals surface area contributed by atoms with Gasteiger partial charge < -0.3 is 14.7 Å². The maximum absolute atomic E-state index is 9.39. The van der Waals surface area contributed by atoms with E-state index in [2.05, 4.69) is 11.2 Å². The molecular formula is C9H8NO3. The second-order valence-corrected chi connectivity index (χ2v) is 2.51. The quantitative estimate of drug-likeness (QED) is 0.695. The maximum atomic E-state index is 9.39. The number of hydrogen-bond donors (Lipinski definition) is 1. The zero-order valence-corrected chi connectivity index (χ0v) is 6.86. The van der Waals surface area contributed by atoms with Crippen LogP contribution in [-0.4, -0.2) is 24.2 Å². The predicted molar refractivity (Wildman–Crippen MR) is 45.4 cm³/mol. The van der Waals surface area contributed by atoms with Gasteiger partial charge in [0.05, 0.1) is 5.56 Å². The van der Waals surface area contributed by atoms with Gasteiger partial charge in [0.2, 0.25) is 0 Å². The van der Waals surface area contributed by atoms with Crippen molar-refractivity contribution in [1.29, 1.82) is 0 Å². The molecule has 2 rings (SSSR count). The van der Waals surface area contributed by atoms with Crippen LogP contribution in [0.1, 0.15) is 5.56 Å². The molecule has 0 spiro atoms. The third-order valence-electron chi connectivity index (χ3n) is 1.63. The highest BCUT2D eigenvalue weighted by Gasteiger charge is 2.13. The molecule has 1 heterocycles. The molecule has 1 aromatic carbocycles. The van der Waals surface area contributed by atoms with E-state index < -0.39 is 0 Å². The van der Waals surface area contributed by atoms with E-state index in [9.17, 15) is 5.11 Å². The van der Waals surface area contributed by atoms with Crippen molar-refractivity contribution in [2.45, 2.75) is 0 Å². The van der Waals surface area contributed by atoms with Gasteiger partial charge in [-0.25, -0.2) is 0 Å². The second kappa shape index (κ2) is 3.35. The van der Waals surface area contributed by atoms with E-state index in [4.69, 9.17) is 9.57 Å². The highest BCUT2D eigenvalue weighted by Crippen LogP contribution is 2.17. The van der Waals surface area contributed by atoms with Crippen molar-refractivity contribution in [3.8, 4) is 5.75 Å².